The standard InChI is InChI=1S/C16H26O/c1-14(2)8-6-12-16(17)13-7-11-15-9-4-3-5-10-15/h3-5,9-10,14,16-17H,6-8,11-13H2,1-2H3. The van der Waals surface area contributed by atoms with Gasteiger partial charge in [-0.25, -0.2) is 0 Å². The van der Waals surface area contributed by atoms with Gasteiger partial charge >= 0.3 is 0 Å². The lowest BCUT2D eigenvalue weighted by molar-refractivity contribution is 0.147. The van der Waals surface area contributed by atoms with Crippen molar-refractivity contribution in [3.8, 4) is 0 Å². The molecule has 0 saturated carbocycles. The Morgan fingerprint density at radius 1 is 0.941 bits per heavy atom. The molecular formula is C16H26O. The minimum Gasteiger partial charge on any atom is -0.393 e. The van der Waals surface area contributed by atoms with Crippen molar-refractivity contribution in [3.05, 3.63) is 35.9 Å². The summed E-state index contributed by atoms with van der Waals surface area (Å²) >= 11 is 0. The first-order valence-corrected chi connectivity index (χ1v) is 6.90. The van der Waals surface area contributed by atoms with Crippen LogP contribution in [0.4, 0.5) is 0 Å². The van der Waals surface area contributed by atoms with Gasteiger partial charge in [-0.3, -0.25) is 0 Å². The van der Waals surface area contributed by atoms with Crippen molar-refractivity contribution in [3.63, 3.8) is 0 Å². The zero-order valence-corrected chi connectivity index (χ0v) is 11.2. The molecule has 0 heterocycles. The molecule has 0 saturated heterocycles. The predicted octanol–water partition coefficient (Wildman–Crippen LogP) is 4.20. The first-order valence-electron chi connectivity index (χ1n) is 6.90. The molecule has 0 amide bonds. The third kappa shape index (κ3) is 7.17. The molecule has 0 bridgehead atoms. The molecule has 0 aromatic heterocycles. The molecule has 0 aliphatic heterocycles. The second kappa shape index (κ2) is 8.30. The van der Waals surface area contributed by atoms with Crippen LogP contribution in [0.3, 0.4) is 0 Å². The predicted molar refractivity (Wildman–Crippen MR) is 74.1 cm³/mol. The SMILES string of the molecule is CC(C)CCCC(O)CCCc1ccccc1. The molecule has 1 aromatic rings. The number of aliphatic hydroxyl groups excluding tert-OH is 1. The van der Waals surface area contributed by atoms with Crippen molar-refractivity contribution in [1.29, 1.82) is 0 Å². The highest BCUT2D eigenvalue weighted by Crippen LogP contribution is 2.13. The summed E-state index contributed by atoms with van der Waals surface area (Å²) in [4.78, 5) is 0. The third-order valence-electron chi connectivity index (χ3n) is 3.16. The van der Waals surface area contributed by atoms with Crippen LogP contribution in [-0.4, -0.2) is 11.2 Å². The molecule has 17 heavy (non-hydrogen) atoms. The molecule has 0 aliphatic rings. The number of aryl methyl sites for hydroxylation is 1. The van der Waals surface area contributed by atoms with Crippen molar-refractivity contribution in [2.75, 3.05) is 0 Å². The van der Waals surface area contributed by atoms with E-state index in [1.807, 2.05) is 6.07 Å². The van der Waals surface area contributed by atoms with Crippen LogP contribution in [0.1, 0.15) is 51.5 Å². The van der Waals surface area contributed by atoms with Crippen LogP contribution in [0.15, 0.2) is 30.3 Å². The summed E-state index contributed by atoms with van der Waals surface area (Å²) in [5, 5.41) is 9.84. The summed E-state index contributed by atoms with van der Waals surface area (Å²) in [6, 6.07) is 10.5. The van der Waals surface area contributed by atoms with Gasteiger partial charge in [0.15, 0.2) is 0 Å². The van der Waals surface area contributed by atoms with Gasteiger partial charge in [-0.05, 0) is 37.2 Å². The molecule has 1 N–H and O–H groups in total. The van der Waals surface area contributed by atoms with Gasteiger partial charge in [0.2, 0.25) is 0 Å². The average Bonchev–Trinajstić information content (AvgIpc) is 2.30. The topological polar surface area (TPSA) is 20.2 Å². The maximum atomic E-state index is 9.84. The van der Waals surface area contributed by atoms with E-state index in [1.54, 1.807) is 0 Å². The number of aliphatic hydroxyl groups is 1. The minimum atomic E-state index is -0.0996. The van der Waals surface area contributed by atoms with Crippen LogP contribution in [0, 0.1) is 5.92 Å². The van der Waals surface area contributed by atoms with Gasteiger partial charge in [0.25, 0.3) is 0 Å². The van der Waals surface area contributed by atoms with Gasteiger partial charge in [-0.1, -0.05) is 57.0 Å². The van der Waals surface area contributed by atoms with E-state index in [9.17, 15) is 5.11 Å². The highest BCUT2D eigenvalue weighted by Gasteiger charge is 2.04. The summed E-state index contributed by atoms with van der Waals surface area (Å²) in [7, 11) is 0. The number of benzene rings is 1. The Morgan fingerprint density at radius 2 is 1.59 bits per heavy atom. The summed E-state index contributed by atoms with van der Waals surface area (Å²) in [6.45, 7) is 4.48. The van der Waals surface area contributed by atoms with Crippen LogP contribution in [-0.2, 0) is 6.42 Å². The van der Waals surface area contributed by atoms with Crippen LogP contribution in [0.25, 0.3) is 0 Å². The lowest BCUT2D eigenvalue weighted by Crippen LogP contribution is -2.07. The molecular weight excluding hydrogens is 208 g/mol. The molecule has 1 rings (SSSR count). The Hall–Kier alpha value is -0.820. The summed E-state index contributed by atoms with van der Waals surface area (Å²) in [6.07, 6.45) is 6.37. The molecule has 1 heteroatoms. The Morgan fingerprint density at radius 3 is 2.24 bits per heavy atom. The first kappa shape index (κ1) is 14.2. The van der Waals surface area contributed by atoms with Crippen molar-refractivity contribution in [1.82, 2.24) is 0 Å². The molecule has 1 nitrogen and oxygen atoms in total. The highest BCUT2D eigenvalue weighted by molar-refractivity contribution is 5.14. The van der Waals surface area contributed by atoms with Gasteiger partial charge in [0, 0.05) is 0 Å². The van der Waals surface area contributed by atoms with E-state index in [0.29, 0.717) is 0 Å². The Labute approximate surface area is 106 Å². The molecule has 0 radical (unpaired) electrons. The fourth-order valence-electron chi connectivity index (χ4n) is 2.09. The molecule has 96 valence electrons. The molecule has 0 fully saturated rings. The fraction of sp³-hybridized carbons (Fsp3) is 0.625. The van der Waals surface area contributed by atoms with Crippen molar-refractivity contribution in [2.45, 2.75) is 58.5 Å². The van der Waals surface area contributed by atoms with Crippen molar-refractivity contribution < 1.29 is 5.11 Å². The van der Waals surface area contributed by atoms with Crippen LogP contribution >= 0.6 is 0 Å². The van der Waals surface area contributed by atoms with Gasteiger partial charge in [0.05, 0.1) is 6.10 Å². The van der Waals surface area contributed by atoms with E-state index in [1.165, 1.54) is 12.0 Å². The average molecular weight is 234 g/mol. The Bertz CT molecular complexity index is 279. The normalized spacial score (nSPS) is 12.9. The van der Waals surface area contributed by atoms with E-state index in [-0.39, 0.29) is 6.10 Å². The largest absolute Gasteiger partial charge is 0.393 e. The molecule has 1 unspecified atom stereocenters. The summed E-state index contributed by atoms with van der Waals surface area (Å²) in [5.74, 6) is 0.756. The van der Waals surface area contributed by atoms with Crippen LogP contribution in [0.5, 0.6) is 0 Å². The Kier molecular flexibility index (Phi) is 6.95. The number of hydrogen-bond donors (Lipinski definition) is 1. The second-order valence-electron chi connectivity index (χ2n) is 5.36. The molecule has 0 spiro atoms. The molecule has 1 atom stereocenters. The van der Waals surface area contributed by atoms with Gasteiger partial charge < -0.3 is 5.11 Å². The Balaban J connectivity index is 2.06. The van der Waals surface area contributed by atoms with E-state index < -0.39 is 0 Å². The first-order chi connectivity index (χ1) is 8.18. The number of hydrogen-bond acceptors (Lipinski definition) is 1. The highest BCUT2D eigenvalue weighted by atomic mass is 16.3. The maximum Gasteiger partial charge on any atom is 0.0540 e. The minimum absolute atomic E-state index is 0.0996. The van der Waals surface area contributed by atoms with E-state index in [2.05, 4.69) is 38.1 Å². The quantitative estimate of drug-likeness (QED) is 0.715. The second-order valence-corrected chi connectivity index (χ2v) is 5.36. The molecule has 1 aromatic carbocycles. The zero-order valence-electron chi connectivity index (χ0n) is 11.2. The summed E-state index contributed by atoms with van der Waals surface area (Å²) in [5.41, 5.74) is 1.38. The lowest BCUT2D eigenvalue weighted by Gasteiger charge is -2.11. The molecule has 0 aliphatic carbocycles. The van der Waals surface area contributed by atoms with Crippen LogP contribution in [0.2, 0.25) is 0 Å². The van der Waals surface area contributed by atoms with E-state index in [4.69, 9.17) is 0 Å². The third-order valence-corrected chi connectivity index (χ3v) is 3.16. The van der Waals surface area contributed by atoms with E-state index in [0.717, 1.165) is 38.0 Å². The van der Waals surface area contributed by atoms with Crippen LogP contribution < -0.4 is 0 Å². The van der Waals surface area contributed by atoms with Gasteiger partial charge in [0.1, 0.15) is 0 Å². The van der Waals surface area contributed by atoms with Gasteiger partial charge in [-0.2, -0.15) is 0 Å². The van der Waals surface area contributed by atoms with Crippen molar-refractivity contribution >= 4 is 0 Å². The van der Waals surface area contributed by atoms with Crippen molar-refractivity contribution in [2.24, 2.45) is 5.92 Å². The van der Waals surface area contributed by atoms with Gasteiger partial charge in [-0.15, -0.1) is 0 Å². The summed E-state index contributed by atoms with van der Waals surface area (Å²) < 4.78 is 0. The monoisotopic (exact) mass is 234 g/mol. The zero-order chi connectivity index (χ0) is 12.5. The fourth-order valence-corrected chi connectivity index (χ4v) is 2.09. The van der Waals surface area contributed by atoms with E-state index >= 15 is 0 Å². The smallest absolute Gasteiger partial charge is 0.0540 e. The lowest BCUT2D eigenvalue weighted by atomic mass is 10.0. The maximum absolute atomic E-state index is 9.84. The number of rotatable bonds is 8.